The Morgan fingerprint density at radius 2 is 1.94 bits per heavy atom. The molecule has 17 heavy (non-hydrogen) atoms. The van der Waals surface area contributed by atoms with Crippen LogP contribution in [0.1, 0.15) is 6.92 Å². The van der Waals surface area contributed by atoms with Crippen LogP contribution in [0.5, 0.6) is 5.75 Å². The van der Waals surface area contributed by atoms with Crippen molar-refractivity contribution in [1.29, 1.82) is 0 Å². The van der Waals surface area contributed by atoms with Crippen LogP contribution in [0.3, 0.4) is 0 Å². The van der Waals surface area contributed by atoms with E-state index in [1.54, 1.807) is 12.1 Å². The van der Waals surface area contributed by atoms with Crippen LogP contribution in [0, 0.1) is 0 Å². The summed E-state index contributed by atoms with van der Waals surface area (Å²) in [6.45, 7) is 1.24. The SMILES string of the molecule is CC(=O)Oc1cc(=O)[nH]c2c(Cl)ccc(Cl)c12. The van der Waals surface area contributed by atoms with Crippen LogP contribution < -0.4 is 10.3 Å². The third-order valence-corrected chi connectivity index (χ3v) is 2.74. The minimum Gasteiger partial charge on any atom is -0.426 e. The van der Waals surface area contributed by atoms with Crippen molar-refractivity contribution in [2.75, 3.05) is 0 Å². The van der Waals surface area contributed by atoms with Gasteiger partial charge >= 0.3 is 5.97 Å². The van der Waals surface area contributed by atoms with E-state index in [1.165, 1.54) is 6.92 Å². The Morgan fingerprint density at radius 1 is 1.29 bits per heavy atom. The van der Waals surface area contributed by atoms with Crippen LogP contribution >= 0.6 is 23.2 Å². The van der Waals surface area contributed by atoms with Gasteiger partial charge in [-0.05, 0) is 12.1 Å². The number of rotatable bonds is 1. The third kappa shape index (κ3) is 2.28. The summed E-state index contributed by atoms with van der Waals surface area (Å²) in [7, 11) is 0. The Kier molecular flexibility index (Phi) is 3.09. The summed E-state index contributed by atoms with van der Waals surface area (Å²) in [5.74, 6) is -0.434. The predicted octanol–water partition coefficient (Wildman–Crippen LogP) is 2.76. The van der Waals surface area contributed by atoms with Crippen LogP contribution in [0.4, 0.5) is 0 Å². The molecule has 0 amide bonds. The highest BCUT2D eigenvalue weighted by atomic mass is 35.5. The fraction of sp³-hybridized carbons (Fsp3) is 0.0909. The number of ether oxygens (including phenoxy) is 1. The molecule has 0 atom stereocenters. The molecule has 0 aliphatic rings. The van der Waals surface area contributed by atoms with Gasteiger partial charge in [0.05, 0.1) is 20.9 Å². The minimum absolute atomic E-state index is 0.101. The third-order valence-electron chi connectivity index (χ3n) is 2.11. The van der Waals surface area contributed by atoms with E-state index in [2.05, 4.69) is 4.98 Å². The lowest BCUT2D eigenvalue weighted by atomic mass is 10.2. The van der Waals surface area contributed by atoms with Crippen LogP contribution in [0.2, 0.25) is 10.0 Å². The molecule has 1 N–H and O–H groups in total. The topological polar surface area (TPSA) is 59.2 Å². The van der Waals surface area contributed by atoms with E-state index < -0.39 is 11.5 Å². The standard InChI is InChI=1S/C11H7Cl2NO3/c1-5(15)17-8-4-9(16)14-11-7(13)3-2-6(12)10(8)11/h2-4H,1H3,(H,14,16). The van der Waals surface area contributed by atoms with Gasteiger partial charge < -0.3 is 9.72 Å². The lowest BCUT2D eigenvalue weighted by Crippen LogP contribution is -2.09. The molecule has 0 bridgehead atoms. The number of aromatic nitrogens is 1. The summed E-state index contributed by atoms with van der Waals surface area (Å²) >= 11 is 11.9. The number of pyridine rings is 1. The molecule has 2 aromatic rings. The van der Waals surface area contributed by atoms with Crippen LogP contribution in [0.25, 0.3) is 10.9 Å². The average Bonchev–Trinajstić information content (AvgIpc) is 2.22. The molecule has 0 spiro atoms. The van der Waals surface area contributed by atoms with Crippen LogP contribution in [-0.2, 0) is 4.79 Å². The van der Waals surface area contributed by atoms with Gasteiger partial charge in [0.1, 0.15) is 5.75 Å². The van der Waals surface area contributed by atoms with Gasteiger partial charge in [-0.3, -0.25) is 9.59 Å². The molecule has 1 aromatic carbocycles. The van der Waals surface area contributed by atoms with E-state index in [4.69, 9.17) is 27.9 Å². The van der Waals surface area contributed by atoms with Crippen molar-refractivity contribution >= 4 is 40.1 Å². The van der Waals surface area contributed by atoms with Gasteiger partial charge in [0.15, 0.2) is 0 Å². The van der Waals surface area contributed by atoms with Gasteiger partial charge in [0, 0.05) is 13.0 Å². The summed E-state index contributed by atoms with van der Waals surface area (Å²) in [4.78, 5) is 24.9. The summed E-state index contributed by atoms with van der Waals surface area (Å²) in [5.41, 5.74) is -0.0687. The Morgan fingerprint density at radius 3 is 2.59 bits per heavy atom. The van der Waals surface area contributed by atoms with E-state index in [0.29, 0.717) is 20.9 Å². The number of fused-ring (bicyclic) bond motifs is 1. The van der Waals surface area contributed by atoms with Gasteiger partial charge in [-0.2, -0.15) is 0 Å². The molecule has 88 valence electrons. The van der Waals surface area contributed by atoms with Gasteiger partial charge in [-0.1, -0.05) is 23.2 Å². The van der Waals surface area contributed by atoms with Crippen LogP contribution in [0.15, 0.2) is 23.0 Å². The summed E-state index contributed by atoms with van der Waals surface area (Å²) in [6, 6.07) is 4.28. The summed E-state index contributed by atoms with van der Waals surface area (Å²) in [5, 5.41) is 1.08. The fourth-order valence-electron chi connectivity index (χ4n) is 1.50. The molecule has 6 heteroatoms. The Bertz CT molecular complexity index is 664. The van der Waals surface area contributed by atoms with Gasteiger partial charge in [0.25, 0.3) is 5.56 Å². The average molecular weight is 272 g/mol. The number of carbonyl (C=O) groups is 1. The van der Waals surface area contributed by atoms with Crippen molar-refractivity contribution in [1.82, 2.24) is 4.98 Å². The maximum atomic E-state index is 11.4. The molecule has 0 fully saturated rings. The Hall–Kier alpha value is -1.52. The second kappa shape index (κ2) is 4.39. The number of benzene rings is 1. The fourth-order valence-corrected chi connectivity index (χ4v) is 1.96. The van der Waals surface area contributed by atoms with Crippen molar-refractivity contribution in [3.05, 3.63) is 38.6 Å². The zero-order valence-electron chi connectivity index (χ0n) is 8.71. The molecule has 0 aliphatic carbocycles. The molecule has 2 rings (SSSR count). The van der Waals surface area contributed by atoms with Gasteiger partial charge in [0.2, 0.25) is 0 Å². The van der Waals surface area contributed by atoms with Crippen molar-refractivity contribution in [3.8, 4) is 5.75 Å². The molecule has 0 radical (unpaired) electrons. The number of carbonyl (C=O) groups excluding carboxylic acids is 1. The first-order valence-corrected chi connectivity index (χ1v) is 5.44. The molecule has 4 nitrogen and oxygen atoms in total. The highest BCUT2D eigenvalue weighted by Gasteiger charge is 2.12. The molecular weight excluding hydrogens is 265 g/mol. The van der Waals surface area contributed by atoms with Crippen molar-refractivity contribution in [2.45, 2.75) is 6.92 Å². The molecule has 0 unspecified atom stereocenters. The second-order valence-electron chi connectivity index (χ2n) is 3.37. The Balaban J connectivity index is 2.87. The van der Waals surface area contributed by atoms with Crippen LogP contribution in [-0.4, -0.2) is 11.0 Å². The molecule has 1 heterocycles. The maximum absolute atomic E-state index is 11.4. The number of hydrogen-bond donors (Lipinski definition) is 1. The molecule has 0 saturated heterocycles. The molecule has 0 aliphatic heterocycles. The lowest BCUT2D eigenvalue weighted by Gasteiger charge is -2.08. The first-order chi connectivity index (χ1) is 7.99. The lowest BCUT2D eigenvalue weighted by molar-refractivity contribution is -0.131. The maximum Gasteiger partial charge on any atom is 0.308 e. The highest BCUT2D eigenvalue weighted by Crippen LogP contribution is 2.33. The number of aromatic amines is 1. The predicted molar refractivity (Wildman–Crippen MR) is 65.9 cm³/mol. The van der Waals surface area contributed by atoms with Crippen molar-refractivity contribution < 1.29 is 9.53 Å². The highest BCUT2D eigenvalue weighted by molar-refractivity contribution is 6.40. The quantitative estimate of drug-likeness (QED) is 0.812. The molecule has 1 aromatic heterocycles. The number of hydrogen-bond acceptors (Lipinski definition) is 3. The smallest absolute Gasteiger partial charge is 0.308 e. The summed E-state index contributed by atoms with van der Waals surface area (Å²) in [6.07, 6.45) is 0. The first kappa shape index (κ1) is 12.0. The summed E-state index contributed by atoms with van der Waals surface area (Å²) < 4.78 is 4.94. The number of H-pyrrole nitrogens is 1. The number of halogens is 2. The van der Waals surface area contributed by atoms with Gasteiger partial charge in [-0.25, -0.2) is 0 Å². The number of nitrogens with one attached hydrogen (secondary N) is 1. The molecule has 0 saturated carbocycles. The van der Waals surface area contributed by atoms with E-state index in [0.717, 1.165) is 6.07 Å². The largest absolute Gasteiger partial charge is 0.426 e. The van der Waals surface area contributed by atoms with Gasteiger partial charge in [-0.15, -0.1) is 0 Å². The molecular formula is C11H7Cl2NO3. The number of esters is 1. The first-order valence-electron chi connectivity index (χ1n) is 4.68. The van der Waals surface area contributed by atoms with E-state index in [-0.39, 0.29) is 5.75 Å². The van der Waals surface area contributed by atoms with E-state index in [1.807, 2.05) is 0 Å². The zero-order valence-corrected chi connectivity index (χ0v) is 10.2. The Labute approximate surface area is 106 Å². The minimum atomic E-state index is -0.534. The van der Waals surface area contributed by atoms with E-state index in [9.17, 15) is 9.59 Å². The normalized spacial score (nSPS) is 10.5. The second-order valence-corrected chi connectivity index (χ2v) is 4.19. The van der Waals surface area contributed by atoms with E-state index >= 15 is 0 Å². The van der Waals surface area contributed by atoms with Crippen molar-refractivity contribution in [2.24, 2.45) is 0 Å². The zero-order chi connectivity index (χ0) is 12.6. The van der Waals surface area contributed by atoms with Crippen molar-refractivity contribution in [3.63, 3.8) is 0 Å². The monoisotopic (exact) mass is 271 g/mol.